The third kappa shape index (κ3) is 2.68. The lowest BCUT2D eigenvalue weighted by Gasteiger charge is -2.05. The molecule has 0 N–H and O–H groups in total. The monoisotopic (exact) mass is 282 g/mol. The molecule has 100 valence electrons. The van der Waals surface area contributed by atoms with Gasteiger partial charge in [-0.2, -0.15) is 0 Å². The van der Waals surface area contributed by atoms with Crippen molar-refractivity contribution in [3.05, 3.63) is 40.4 Å². The summed E-state index contributed by atoms with van der Waals surface area (Å²) in [7, 11) is 1.43. The molecule has 1 atom stereocenters. The van der Waals surface area contributed by atoms with Crippen LogP contribution in [0.4, 0.5) is 5.69 Å². The van der Waals surface area contributed by atoms with Gasteiger partial charge >= 0.3 is 0 Å². The number of nitro benzene ring substituents is 1. The van der Waals surface area contributed by atoms with E-state index in [-0.39, 0.29) is 11.1 Å². The van der Waals surface area contributed by atoms with Crippen molar-refractivity contribution < 1.29 is 14.1 Å². The Labute approximate surface area is 114 Å². The summed E-state index contributed by atoms with van der Waals surface area (Å²) in [6, 6.07) is 4.27. The first kappa shape index (κ1) is 13.4. The second kappa shape index (κ2) is 5.27. The molecule has 0 aliphatic rings. The van der Waals surface area contributed by atoms with E-state index in [1.165, 1.54) is 25.4 Å². The van der Waals surface area contributed by atoms with E-state index in [1.807, 2.05) is 0 Å². The number of hydrogen-bond donors (Lipinski definition) is 0. The van der Waals surface area contributed by atoms with E-state index in [0.29, 0.717) is 23.0 Å². The maximum atomic E-state index is 10.7. The van der Waals surface area contributed by atoms with Crippen LogP contribution < -0.4 is 4.74 Å². The average molecular weight is 283 g/mol. The van der Waals surface area contributed by atoms with Crippen LogP contribution in [0.25, 0.3) is 11.3 Å². The Kier molecular flexibility index (Phi) is 3.71. The summed E-state index contributed by atoms with van der Waals surface area (Å²) in [5.74, 6) is 1.19. The van der Waals surface area contributed by atoms with E-state index in [1.54, 1.807) is 13.0 Å². The molecule has 0 aliphatic carbocycles. The predicted octanol–water partition coefficient (Wildman–Crippen LogP) is 3.56. The molecule has 6 nitrogen and oxygen atoms in total. The number of nitrogens with zero attached hydrogens (tertiary/aromatic N) is 2. The standard InChI is InChI=1S/C12H11ClN2O4/c1-7(13)12-14-6-11(19-12)9-4-3-8(15(16)17)5-10(9)18-2/h3-7H,1-2H3. The van der Waals surface area contributed by atoms with E-state index >= 15 is 0 Å². The molecule has 0 radical (unpaired) electrons. The molecule has 1 unspecified atom stereocenters. The first-order chi connectivity index (χ1) is 9.02. The highest BCUT2D eigenvalue weighted by atomic mass is 35.5. The number of rotatable bonds is 4. The minimum atomic E-state index is -0.487. The van der Waals surface area contributed by atoms with Crippen LogP contribution in [0.15, 0.2) is 28.8 Å². The molecule has 0 aliphatic heterocycles. The number of methoxy groups -OCH3 is 1. The van der Waals surface area contributed by atoms with Gasteiger partial charge < -0.3 is 9.15 Å². The number of alkyl halides is 1. The molecule has 0 spiro atoms. The Balaban J connectivity index is 2.46. The summed E-state index contributed by atoms with van der Waals surface area (Å²) in [5.41, 5.74) is 0.537. The van der Waals surface area contributed by atoms with Crippen LogP contribution >= 0.6 is 11.6 Å². The highest BCUT2D eigenvalue weighted by Gasteiger charge is 2.17. The Morgan fingerprint density at radius 2 is 2.26 bits per heavy atom. The topological polar surface area (TPSA) is 78.4 Å². The van der Waals surface area contributed by atoms with Crippen molar-refractivity contribution in [1.29, 1.82) is 0 Å². The van der Waals surface area contributed by atoms with E-state index in [2.05, 4.69) is 4.98 Å². The van der Waals surface area contributed by atoms with Gasteiger partial charge in [-0.25, -0.2) is 4.98 Å². The van der Waals surface area contributed by atoms with Crippen LogP contribution in [0.3, 0.4) is 0 Å². The Hall–Kier alpha value is -2.08. The Morgan fingerprint density at radius 3 is 2.79 bits per heavy atom. The zero-order chi connectivity index (χ0) is 14.0. The summed E-state index contributed by atoms with van der Waals surface area (Å²) < 4.78 is 10.6. The first-order valence-corrected chi connectivity index (χ1v) is 5.89. The van der Waals surface area contributed by atoms with Gasteiger partial charge in [-0.05, 0) is 13.0 Å². The van der Waals surface area contributed by atoms with Crippen LogP contribution in [0.5, 0.6) is 5.75 Å². The van der Waals surface area contributed by atoms with E-state index in [4.69, 9.17) is 20.8 Å². The zero-order valence-electron chi connectivity index (χ0n) is 10.3. The lowest BCUT2D eigenvalue weighted by molar-refractivity contribution is -0.384. The molecule has 7 heteroatoms. The van der Waals surface area contributed by atoms with Gasteiger partial charge in [0.05, 0.1) is 29.9 Å². The van der Waals surface area contributed by atoms with Gasteiger partial charge in [0.25, 0.3) is 5.69 Å². The molecular formula is C12H11ClN2O4. The summed E-state index contributed by atoms with van der Waals surface area (Å²) >= 11 is 5.87. The number of nitro groups is 1. The molecule has 1 aromatic carbocycles. The second-order valence-corrected chi connectivity index (χ2v) is 4.48. The van der Waals surface area contributed by atoms with Crippen molar-refractivity contribution in [1.82, 2.24) is 4.98 Å². The zero-order valence-corrected chi connectivity index (χ0v) is 11.0. The maximum absolute atomic E-state index is 10.7. The second-order valence-electron chi connectivity index (χ2n) is 3.82. The number of benzene rings is 1. The van der Waals surface area contributed by atoms with Gasteiger partial charge in [0.15, 0.2) is 5.76 Å². The fourth-order valence-electron chi connectivity index (χ4n) is 1.59. The molecule has 0 bridgehead atoms. The van der Waals surface area contributed by atoms with Gasteiger partial charge in [0, 0.05) is 6.07 Å². The van der Waals surface area contributed by atoms with Crippen LogP contribution in [0.1, 0.15) is 18.2 Å². The van der Waals surface area contributed by atoms with E-state index < -0.39 is 4.92 Å². The molecule has 2 aromatic rings. The number of halogens is 1. The van der Waals surface area contributed by atoms with Crippen LogP contribution in [0, 0.1) is 10.1 Å². The molecule has 1 heterocycles. The third-order valence-electron chi connectivity index (χ3n) is 2.53. The van der Waals surface area contributed by atoms with Crippen molar-refractivity contribution in [3.63, 3.8) is 0 Å². The molecule has 1 aromatic heterocycles. The van der Waals surface area contributed by atoms with Gasteiger partial charge in [-0.15, -0.1) is 11.6 Å². The average Bonchev–Trinajstić information content (AvgIpc) is 2.87. The van der Waals surface area contributed by atoms with Crippen LogP contribution in [-0.2, 0) is 0 Å². The van der Waals surface area contributed by atoms with Gasteiger partial charge in [0.1, 0.15) is 11.1 Å². The summed E-state index contributed by atoms with van der Waals surface area (Å²) in [5, 5.41) is 10.4. The number of oxazole rings is 1. The number of hydrogen-bond acceptors (Lipinski definition) is 5. The Bertz CT molecular complexity index is 610. The fourth-order valence-corrected chi connectivity index (χ4v) is 1.69. The molecule has 2 rings (SSSR count). The molecule has 0 amide bonds. The first-order valence-electron chi connectivity index (χ1n) is 5.45. The predicted molar refractivity (Wildman–Crippen MR) is 69.4 cm³/mol. The van der Waals surface area contributed by atoms with Crippen molar-refractivity contribution in [2.75, 3.05) is 7.11 Å². The van der Waals surface area contributed by atoms with Gasteiger partial charge in [-0.3, -0.25) is 10.1 Å². The van der Waals surface area contributed by atoms with Gasteiger partial charge in [-0.1, -0.05) is 0 Å². The smallest absolute Gasteiger partial charge is 0.273 e. The van der Waals surface area contributed by atoms with Crippen molar-refractivity contribution in [2.45, 2.75) is 12.3 Å². The lowest BCUT2D eigenvalue weighted by Crippen LogP contribution is -1.92. The molecule has 0 saturated carbocycles. The van der Waals surface area contributed by atoms with Crippen LogP contribution in [-0.4, -0.2) is 17.0 Å². The number of aromatic nitrogens is 1. The molecule has 0 saturated heterocycles. The van der Waals surface area contributed by atoms with Crippen molar-refractivity contribution in [3.8, 4) is 17.1 Å². The van der Waals surface area contributed by atoms with Crippen molar-refractivity contribution in [2.24, 2.45) is 0 Å². The maximum Gasteiger partial charge on any atom is 0.273 e. The lowest BCUT2D eigenvalue weighted by atomic mass is 10.1. The summed E-state index contributed by atoms with van der Waals surface area (Å²) in [6.07, 6.45) is 1.51. The highest BCUT2D eigenvalue weighted by Crippen LogP contribution is 2.34. The number of ether oxygens (including phenoxy) is 1. The van der Waals surface area contributed by atoms with E-state index in [0.717, 1.165) is 0 Å². The molecular weight excluding hydrogens is 272 g/mol. The number of non-ortho nitro benzene ring substituents is 1. The van der Waals surface area contributed by atoms with E-state index in [9.17, 15) is 10.1 Å². The minimum Gasteiger partial charge on any atom is -0.496 e. The van der Waals surface area contributed by atoms with Crippen LogP contribution in [0.2, 0.25) is 0 Å². The normalized spacial score (nSPS) is 12.2. The minimum absolute atomic E-state index is 0.0500. The summed E-state index contributed by atoms with van der Waals surface area (Å²) in [4.78, 5) is 14.3. The highest BCUT2D eigenvalue weighted by molar-refractivity contribution is 6.20. The van der Waals surface area contributed by atoms with Gasteiger partial charge in [0.2, 0.25) is 5.89 Å². The summed E-state index contributed by atoms with van der Waals surface area (Å²) in [6.45, 7) is 1.74. The van der Waals surface area contributed by atoms with Crippen molar-refractivity contribution >= 4 is 17.3 Å². The molecule has 19 heavy (non-hydrogen) atoms. The molecule has 0 fully saturated rings. The quantitative estimate of drug-likeness (QED) is 0.487. The fraction of sp³-hybridized carbons (Fsp3) is 0.250. The third-order valence-corrected chi connectivity index (χ3v) is 2.71. The SMILES string of the molecule is COc1cc([N+](=O)[O-])ccc1-c1cnc(C(C)Cl)o1. The largest absolute Gasteiger partial charge is 0.496 e. The Morgan fingerprint density at radius 1 is 1.53 bits per heavy atom.